The zero-order chi connectivity index (χ0) is 18.4. The molecule has 0 aliphatic rings. The lowest BCUT2D eigenvalue weighted by molar-refractivity contribution is -0.393. The molecule has 1 aromatic carbocycles. The highest BCUT2D eigenvalue weighted by Gasteiger charge is 2.26. The molecule has 132 valence electrons. The predicted octanol–water partition coefficient (Wildman–Crippen LogP) is 0.972. The number of nitro groups is 2. The van der Waals surface area contributed by atoms with Gasteiger partial charge in [0, 0.05) is 12.6 Å². The minimum atomic E-state index is -0.909. The molecule has 11 nitrogen and oxygen atoms in total. The lowest BCUT2D eigenvalue weighted by Gasteiger charge is -2.17. The number of benzene rings is 1. The fourth-order valence-electron chi connectivity index (χ4n) is 1.95. The third-order valence-corrected chi connectivity index (χ3v) is 3.27. The Hall–Kier alpha value is -2.95. The molecule has 0 unspecified atom stereocenters. The van der Waals surface area contributed by atoms with E-state index in [9.17, 15) is 25.0 Å². The van der Waals surface area contributed by atoms with E-state index in [1.165, 1.54) is 13.0 Å². The first-order valence-corrected chi connectivity index (χ1v) is 7.07. The second-order valence-corrected chi connectivity index (χ2v) is 5.23. The van der Waals surface area contributed by atoms with Crippen molar-refractivity contribution < 1.29 is 19.7 Å². The van der Waals surface area contributed by atoms with Crippen LogP contribution < -0.4 is 16.4 Å². The Labute approximate surface area is 137 Å². The highest BCUT2D eigenvalue weighted by Crippen LogP contribution is 2.36. The Balaban J connectivity index is 3.37. The van der Waals surface area contributed by atoms with Gasteiger partial charge in [0.2, 0.25) is 5.91 Å². The van der Waals surface area contributed by atoms with E-state index < -0.39 is 33.2 Å². The van der Waals surface area contributed by atoms with Crippen molar-refractivity contribution in [1.29, 1.82) is 0 Å². The van der Waals surface area contributed by atoms with Crippen LogP contribution in [0.2, 0.25) is 0 Å². The van der Waals surface area contributed by atoms with Crippen LogP contribution in [0.25, 0.3) is 0 Å². The summed E-state index contributed by atoms with van der Waals surface area (Å²) in [5.74, 6) is -0.731. The Bertz CT molecular complexity index is 650. The number of amides is 1. The fourth-order valence-corrected chi connectivity index (χ4v) is 1.95. The number of rotatable bonds is 9. The second kappa shape index (κ2) is 8.06. The number of aliphatic hydroxyl groups is 1. The van der Waals surface area contributed by atoms with Crippen LogP contribution in [-0.4, -0.2) is 39.6 Å². The highest BCUT2D eigenvalue weighted by atomic mass is 16.6. The summed E-state index contributed by atoms with van der Waals surface area (Å²) < 4.78 is 0. The van der Waals surface area contributed by atoms with E-state index in [1.807, 2.05) is 0 Å². The molecule has 0 aromatic heterocycles. The number of anilines is 2. The normalized spacial score (nSPS) is 13.0. The van der Waals surface area contributed by atoms with Gasteiger partial charge >= 0.3 is 0 Å². The summed E-state index contributed by atoms with van der Waals surface area (Å²) in [6.45, 7) is 2.98. The lowest BCUT2D eigenvalue weighted by Crippen LogP contribution is -2.32. The molecule has 11 heteroatoms. The number of carbonyl (C=O) groups is 1. The molecule has 0 aliphatic heterocycles. The summed E-state index contributed by atoms with van der Waals surface area (Å²) in [6.07, 6.45) is 0.328. The maximum absolute atomic E-state index is 11.2. The monoisotopic (exact) mass is 341 g/mol. The van der Waals surface area contributed by atoms with Gasteiger partial charge in [-0.05, 0) is 26.3 Å². The SMILES string of the molecule is C[C@H](CCO)Nc1cc(N[C@@H](C)C(N)=O)c([N+](=O)[O-])cc1[N+](=O)[O-]. The summed E-state index contributed by atoms with van der Waals surface area (Å²) in [4.78, 5) is 31.9. The maximum atomic E-state index is 11.2. The zero-order valence-corrected chi connectivity index (χ0v) is 13.2. The zero-order valence-electron chi connectivity index (χ0n) is 13.2. The van der Waals surface area contributed by atoms with E-state index in [2.05, 4.69) is 10.6 Å². The topological polar surface area (TPSA) is 174 Å². The summed E-state index contributed by atoms with van der Waals surface area (Å²) in [6, 6.07) is 0.776. The van der Waals surface area contributed by atoms with Gasteiger partial charge in [0.25, 0.3) is 11.4 Å². The molecule has 0 fully saturated rings. The van der Waals surface area contributed by atoms with Gasteiger partial charge < -0.3 is 21.5 Å². The van der Waals surface area contributed by atoms with Crippen molar-refractivity contribution in [2.24, 2.45) is 5.73 Å². The van der Waals surface area contributed by atoms with Crippen LogP contribution in [0.4, 0.5) is 22.7 Å². The van der Waals surface area contributed by atoms with Crippen LogP contribution >= 0.6 is 0 Å². The van der Waals surface area contributed by atoms with Crippen LogP contribution in [0.15, 0.2) is 12.1 Å². The molecule has 24 heavy (non-hydrogen) atoms. The van der Waals surface area contributed by atoms with E-state index in [1.54, 1.807) is 6.92 Å². The molecule has 5 N–H and O–H groups in total. The van der Waals surface area contributed by atoms with E-state index in [0.717, 1.165) is 6.07 Å². The number of hydrogen-bond acceptors (Lipinski definition) is 8. The molecule has 0 bridgehead atoms. The molecular weight excluding hydrogens is 322 g/mol. The third-order valence-electron chi connectivity index (χ3n) is 3.27. The fraction of sp³-hybridized carbons (Fsp3) is 0.462. The quantitative estimate of drug-likeness (QED) is 0.379. The first-order chi connectivity index (χ1) is 11.2. The van der Waals surface area contributed by atoms with Crippen LogP contribution in [-0.2, 0) is 4.79 Å². The highest BCUT2D eigenvalue weighted by molar-refractivity contribution is 5.85. The summed E-state index contributed by atoms with van der Waals surface area (Å²) in [5.41, 5.74) is 4.05. The van der Waals surface area contributed by atoms with Crippen LogP contribution in [0, 0.1) is 20.2 Å². The van der Waals surface area contributed by atoms with Gasteiger partial charge in [0.15, 0.2) is 0 Å². The number of nitrogens with zero attached hydrogens (tertiary/aromatic N) is 2. The minimum absolute atomic E-state index is 0.0331. The molecule has 1 rings (SSSR count). The smallest absolute Gasteiger partial charge is 0.299 e. The molecule has 0 aliphatic carbocycles. The van der Waals surface area contributed by atoms with Crippen LogP contribution in [0.5, 0.6) is 0 Å². The number of carbonyl (C=O) groups excluding carboxylic acids is 1. The van der Waals surface area contributed by atoms with Crippen molar-refractivity contribution in [2.75, 3.05) is 17.2 Å². The Kier molecular flexibility index (Phi) is 6.41. The van der Waals surface area contributed by atoms with Crippen molar-refractivity contribution >= 4 is 28.7 Å². The minimum Gasteiger partial charge on any atom is -0.396 e. The number of hydrogen-bond donors (Lipinski definition) is 4. The van der Waals surface area contributed by atoms with E-state index in [4.69, 9.17) is 10.8 Å². The Morgan fingerprint density at radius 2 is 1.67 bits per heavy atom. The lowest BCUT2D eigenvalue weighted by atomic mass is 10.1. The molecule has 0 spiro atoms. The molecule has 0 heterocycles. The van der Waals surface area contributed by atoms with Crippen molar-refractivity contribution in [3.8, 4) is 0 Å². The van der Waals surface area contributed by atoms with E-state index >= 15 is 0 Å². The average molecular weight is 341 g/mol. The van der Waals surface area contributed by atoms with Crippen molar-refractivity contribution in [1.82, 2.24) is 0 Å². The molecule has 1 aromatic rings. The van der Waals surface area contributed by atoms with Crippen LogP contribution in [0.1, 0.15) is 20.3 Å². The largest absolute Gasteiger partial charge is 0.396 e. The molecule has 2 atom stereocenters. The number of nitrogens with two attached hydrogens (primary N) is 1. The molecule has 0 radical (unpaired) electrons. The summed E-state index contributed by atoms with van der Waals surface area (Å²) >= 11 is 0. The Morgan fingerprint density at radius 3 is 2.08 bits per heavy atom. The second-order valence-electron chi connectivity index (χ2n) is 5.23. The van der Waals surface area contributed by atoms with Crippen molar-refractivity contribution in [2.45, 2.75) is 32.4 Å². The first kappa shape index (κ1) is 19.1. The third kappa shape index (κ3) is 4.78. The number of nitrogens with one attached hydrogen (secondary N) is 2. The van der Waals surface area contributed by atoms with Gasteiger partial charge in [0.1, 0.15) is 17.4 Å². The van der Waals surface area contributed by atoms with Crippen molar-refractivity contribution in [3.63, 3.8) is 0 Å². The molecule has 1 amide bonds. The summed E-state index contributed by atoms with van der Waals surface area (Å²) in [7, 11) is 0. The molecular formula is C13H19N5O6. The van der Waals surface area contributed by atoms with Gasteiger partial charge in [-0.15, -0.1) is 0 Å². The van der Waals surface area contributed by atoms with Gasteiger partial charge in [-0.3, -0.25) is 25.0 Å². The summed E-state index contributed by atoms with van der Waals surface area (Å²) in [5, 5.41) is 36.6. The Morgan fingerprint density at radius 1 is 1.17 bits per heavy atom. The molecule has 0 saturated heterocycles. The van der Waals surface area contributed by atoms with Gasteiger partial charge in [0.05, 0.1) is 15.9 Å². The van der Waals surface area contributed by atoms with E-state index in [-0.39, 0.29) is 24.0 Å². The average Bonchev–Trinajstić information content (AvgIpc) is 2.46. The maximum Gasteiger partial charge on any atom is 0.299 e. The van der Waals surface area contributed by atoms with Gasteiger partial charge in [-0.1, -0.05) is 0 Å². The van der Waals surface area contributed by atoms with Gasteiger partial charge in [-0.2, -0.15) is 0 Å². The van der Waals surface area contributed by atoms with Crippen molar-refractivity contribution in [3.05, 3.63) is 32.4 Å². The molecule has 0 saturated carbocycles. The standard InChI is InChI=1S/C13H19N5O6/c1-7(3-4-19)15-9-5-10(16-8(2)13(14)20)12(18(23)24)6-11(9)17(21)22/h5-8,15-16,19H,3-4H2,1-2H3,(H2,14,20)/t7-,8+/m1/s1. The van der Waals surface area contributed by atoms with Crippen LogP contribution in [0.3, 0.4) is 0 Å². The first-order valence-electron chi connectivity index (χ1n) is 7.07. The number of primary amides is 1. The number of aliphatic hydroxyl groups excluding tert-OH is 1. The van der Waals surface area contributed by atoms with Gasteiger partial charge in [-0.25, -0.2) is 0 Å². The predicted molar refractivity (Wildman–Crippen MR) is 86.8 cm³/mol. The number of nitro benzene ring substituents is 2. The van der Waals surface area contributed by atoms with E-state index in [0.29, 0.717) is 6.42 Å².